The Bertz CT molecular complexity index is 2060. The third kappa shape index (κ3) is 4.76. The van der Waals surface area contributed by atoms with Crippen molar-refractivity contribution in [1.82, 2.24) is 4.98 Å². The summed E-state index contributed by atoms with van der Waals surface area (Å²) in [7, 11) is 0. The summed E-state index contributed by atoms with van der Waals surface area (Å²) >= 11 is 1.78. The highest BCUT2D eigenvalue weighted by atomic mass is 32.1. The summed E-state index contributed by atoms with van der Waals surface area (Å²) in [6.07, 6.45) is -0.728. The molecule has 0 unspecified atom stereocenters. The molecule has 0 aliphatic carbocycles. The van der Waals surface area contributed by atoms with Gasteiger partial charge in [0.1, 0.15) is 0 Å². The van der Waals surface area contributed by atoms with Gasteiger partial charge in [-0.3, -0.25) is 4.98 Å². The number of hydrogen-bond donors (Lipinski definition) is 0. The van der Waals surface area contributed by atoms with Crippen LogP contribution in [0.3, 0.4) is 0 Å². The fourth-order valence-electron chi connectivity index (χ4n) is 5.61. The number of alkyl halides is 3. The van der Waals surface area contributed by atoms with Crippen molar-refractivity contribution in [1.29, 1.82) is 0 Å². The Morgan fingerprint density at radius 3 is 1.62 bits per heavy atom. The summed E-state index contributed by atoms with van der Waals surface area (Å²) in [5.74, 6) is 0. The first-order valence-corrected chi connectivity index (χ1v) is 14.4. The van der Waals surface area contributed by atoms with E-state index >= 15 is 0 Å². The molecule has 7 rings (SSSR count). The van der Waals surface area contributed by atoms with Crippen molar-refractivity contribution in [2.24, 2.45) is 0 Å². The number of rotatable bonds is 4. The molecule has 0 aliphatic rings. The van der Waals surface area contributed by atoms with Crippen LogP contribution in [0.5, 0.6) is 0 Å². The van der Waals surface area contributed by atoms with Crippen LogP contribution in [0.4, 0.5) is 13.2 Å². The molecule has 1 nitrogen and oxygen atoms in total. The van der Waals surface area contributed by atoms with Gasteiger partial charge >= 0.3 is 6.18 Å². The van der Waals surface area contributed by atoms with E-state index in [-0.39, 0.29) is 0 Å². The van der Waals surface area contributed by atoms with Gasteiger partial charge in [0, 0.05) is 32.6 Å². The van der Waals surface area contributed by atoms with Gasteiger partial charge in [-0.05, 0) is 75.2 Å². The van der Waals surface area contributed by atoms with Gasteiger partial charge in [0.15, 0.2) is 0 Å². The molecule has 0 atom stereocenters. The molecule has 5 aromatic carbocycles. The molecule has 0 saturated carbocycles. The van der Waals surface area contributed by atoms with Crippen LogP contribution in [0.15, 0.2) is 128 Å². The van der Waals surface area contributed by atoms with E-state index in [0.717, 1.165) is 33.4 Å². The minimum atomic E-state index is -4.38. The minimum absolute atomic E-state index is 0.563. The lowest BCUT2D eigenvalue weighted by atomic mass is 9.96. The van der Waals surface area contributed by atoms with Crippen LogP contribution < -0.4 is 0 Å². The van der Waals surface area contributed by atoms with E-state index in [2.05, 4.69) is 71.7 Å². The second-order valence-corrected chi connectivity index (χ2v) is 11.5. The number of thiophene rings is 1. The summed E-state index contributed by atoms with van der Waals surface area (Å²) < 4.78 is 42.6. The molecular weight excluding hydrogens is 547 g/mol. The summed E-state index contributed by atoms with van der Waals surface area (Å²) in [5.41, 5.74) is 7.97. The van der Waals surface area contributed by atoms with Gasteiger partial charge in [0.05, 0.1) is 5.56 Å². The van der Waals surface area contributed by atoms with Crippen LogP contribution in [0.25, 0.3) is 64.7 Å². The molecule has 0 radical (unpaired) electrons. The highest BCUT2D eigenvalue weighted by Gasteiger charge is 2.31. The topological polar surface area (TPSA) is 12.9 Å². The van der Waals surface area contributed by atoms with Gasteiger partial charge < -0.3 is 0 Å². The number of pyridine rings is 1. The van der Waals surface area contributed by atoms with Crippen LogP contribution in [-0.2, 0) is 6.18 Å². The van der Waals surface area contributed by atoms with Gasteiger partial charge in [-0.1, -0.05) is 97.1 Å². The van der Waals surface area contributed by atoms with E-state index in [4.69, 9.17) is 0 Å². The Hall–Kier alpha value is -4.74. The van der Waals surface area contributed by atoms with E-state index in [1.807, 2.05) is 36.5 Å². The average Bonchev–Trinajstić information content (AvgIpc) is 3.40. The molecule has 0 amide bonds. The molecule has 204 valence electrons. The van der Waals surface area contributed by atoms with E-state index in [9.17, 15) is 13.2 Å². The van der Waals surface area contributed by atoms with Crippen molar-refractivity contribution in [3.05, 3.63) is 139 Å². The third-order valence-corrected chi connectivity index (χ3v) is 8.94. The van der Waals surface area contributed by atoms with Gasteiger partial charge in [-0.25, -0.2) is 0 Å². The maximum absolute atomic E-state index is 13.4. The number of fused-ring (bicyclic) bond motifs is 3. The molecule has 2 heterocycles. The highest BCUT2D eigenvalue weighted by molar-refractivity contribution is 7.26. The monoisotopic (exact) mass is 571 g/mol. The maximum atomic E-state index is 13.4. The van der Waals surface area contributed by atoms with Crippen LogP contribution >= 0.6 is 11.3 Å². The van der Waals surface area contributed by atoms with Crippen LogP contribution in [0.2, 0.25) is 0 Å². The standard InChI is InChI=1S/C37H24F3NS/c1-23-19-29(21-30(20-23)37(38,39)40)25-12-16-27(17-13-25)32-7-3-9-34-33-8-2-6-31(35(33)42-36(32)34)26-14-10-24(11-15-26)28-5-4-18-41-22-28/h2-22H,1H3. The van der Waals surface area contributed by atoms with Crippen LogP contribution in [0, 0.1) is 6.92 Å². The smallest absolute Gasteiger partial charge is 0.264 e. The van der Waals surface area contributed by atoms with E-state index in [1.54, 1.807) is 30.5 Å². The Kier molecular flexibility index (Phi) is 6.40. The number of nitrogens with zero attached hydrogens (tertiary/aromatic N) is 1. The zero-order valence-corrected chi connectivity index (χ0v) is 23.4. The Labute approximate surface area is 245 Å². The Morgan fingerprint density at radius 2 is 1.10 bits per heavy atom. The van der Waals surface area contributed by atoms with Gasteiger partial charge in [0.2, 0.25) is 0 Å². The molecule has 0 bridgehead atoms. The molecular formula is C37H24F3NS. The SMILES string of the molecule is Cc1cc(-c2ccc(-c3cccc4c3sc3c(-c5ccc(-c6cccnc6)cc5)cccc34)cc2)cc(C(F)(F)F)c1. The van der Waals surface area contributed by atoms with Crippen molar-refractivity contribution in [3.8, 4) is 44.5 Å². The first-order valence-electron chi connectivity index (χ1n) is 13.6. The Morgan fingerprint density at radius 1 is 0.548 bits per heavy atom. The van der Waals surface area contributed by atoms with Crippen molar-refractivity contribution in [2.75, 3.05) is 0 Å². The second kappa shape index (κ2) is 10.3. The fraction of sp³-hybridized carbons (Fsp3) is 0.0541. The molecule has 5 heteroatoms. The first kappa shape index (κ1) is 26.2. The molecule has 7 aromatic rings. The molecule has 0 saturated heterocycles. The zero-order valence-electron chi connectivity index (χ0n) is 22.6. The summed E-state index contributed by atoms with van der Waals surface area (Å²) in [6, 6.07) is 37.4. The minimum Gasteiger partial charge on any atom is -0.264 e. The van der Waals surface area contributed by atoms with Crippen LogP contribution in [0.1, 0.15) is 11.1 Å². The van der Waals surface area contributed by atoms with Crippen molar-refractivity contribution < 1.29 is 13.2 Å². The molecule has 0 fully saturated rings. The van der Waals surface area contributed by atoms with Crippen molar-refractivity contribution >= 4 is 31.5 Å². The van der Waals surface area contributed by atoms with Gasteiger partial charge in [0.25, 0.3) is 0 Å². The zero-order chi connectivity index (χ0) is 28.8. The second-order valence-electron chi connectivity index (χ2n) is 10.4. The van der Waals surface area contributed by atoms with Crippen molar-refractivity contribution in [2.45, 2.75) is 13.1 Å². The lowest BCUT2D eigenvalue weighted by Crippen LogP contribution is -2.05. The third-order valence-electron chi connectivity index (χ3n) is 7.65. The van der Waals surface area contributed by atoms with E-state index in [0.29, 0.717) is 11.1 Å². The molecule has 42 heavy (non-hydrogen) atoms. The number of benzene rings is 5. The molecule has 2 aromatic heterocycles. The number of halogens is 3. The summed E-state index contributed by atoms with van der Waals surface area (Å²) in [4.78, 5) is 4.24. The van der Waals surface area contributed by atoms with Crippen LogP contribution in [-0.4, -0.2) is 4.98 Å². The number of hydrogen-bond acceptors (Lipinski definition) is 2. The summed E-state index contributed by atoms with van der Waals surface area (Å²) in [5, 5.41) is 2.40. The fourth-order valence-corrected chi connectivity index (χ4v) is 6.98. The lowest BCUT2D eigenvalue weighted by Gasteiger charge is -2.11. The molecule has 0 N–H and O–H groups in total. The van der Waals surface area contributed by atoms with E-state index < -0.39 is 11.7 Å². The predicted octanol–water partition coefficient (Wildman–Crippen LogP) is 11.4. The largest absolute Gasteiger partial charge is 0.416 e. The van der Waals surface area contributed by atoms with Crippen molar-refractivity contribution in [3.63, 3.8) is 0 Å². The number of aromatic nitrogens is 1. The summed E-state index contributed by atoms with van der Waals surface area (Å²) in [6.45, 7) is 1.69. The molecule has 0 spiro atoms. The van der Waals surface area contributed by atoms with Gasteiger partial charge in [-0.2, -0.15) is 13.2 Å². The van der Waals surface area contributed by atoms with Gasteiger partial charge in [-0.15, -0.1) is 11.3 Å². The number of aryl methyl sites for hydroxylation is 1. The lowest BCUT2D eigenvalue weighted by molar-refractivity contribution is -0.137. The normalized spacial score (nSPS) is 11.8. The predicted molar refractivity (Wildman–Crippen MR) is 169 cm³/mol. The quantitative estimate of drug-likeness (QED) is 0.205. The first-order chi connectivity index (χ1) is 20.3. The van der Waals surface area contributed by atoms with E-state index in [1.165, 1.54) is 37.9 Å². The molecule has 0 aliphatic heterocycles. The average molecular weight is 572 g/mol. The maximum Gasteiger partial charge on any atom is 0.416 e. The highest BCUT2D eigenvalue weighted by Crippen LogP contribution is 2.44. The Balaban J connectivity index is 1.28.